The van der Waals surface area contributed by atoms with Crippen LogP contribution in [0, 0.1) is 0 Å². The minimum absolute atomic E-state index is 0.0227. The smallest absolute Gasteiger partial charge is 0.385 e. The van der Waals surface area contributed by atoms with Crippen LogP contribution in [0.5, 0.6) is 5.75 Å². The Balaban J connectivity index is 2.13. The van der Waals surface area contributed by atoms with Crippen LogP contribution >= 0.6 is 0 Å². The zero-order valence-corrected chi connectivity index (χ0v) is 28.0. The normalized spacial score (nSPS) is 13.5. The molecule has 0 aliphatic rings. The number of unbranched alkanes of at least 4 members (excludes halogenated alkanes) is 3. The highest BCUT2D eigenvalue weighted by molar-refractivity contribution is 5.90. The second kappa shape index (κ2) is 17.6. The first kappa shape index (κ1) is 47.4. The van der Waals surface area contributed by atoms with Crippen LogP contribution in [0.4, 0.5) is 70.2 Å². The lowest BCUT2D eigenvalue weighted by Gasteiger charge is -2.43. The van der Waals surface area contributed by atoms with Crippen molar-refractivity contribution in [2.45, 2.75) is 73.1 Å². The van der Waals surface area contributed by atoms with E-state index in [0.29, 0.717) is 25.7 Å². The summed E-state index contributed by atoms with van der Waals surface area (Å²) in [5.74, 6) is -68.5. The summed E-state index contributed by atoms with van der Waals surface area (Å²) in [5.41, 5.74) is -1.53. The van der Waals surface area contributed by atoms with Gasteiger partial charge in [-0.2, -0.15) is 70.2 Å². The van der Waals surface area contributed by atoms with E-state index in [9.17, 15) is 84.6 Å². The van der Waals surface area contributed by atoms with Gasteiger partial charge in [-0.1, -0.05) is 24.8 Å². The van der Waals surface area contributed by atoms with Gasteiger partial charge in [0.25, 0.3) is 0 Å². The van der Waals surface area contributed by atoms with Crippen molar-refractivity contribution in [3.63, 3.8) is 0 Å². The molecular formula is C33H28F16O7. The molecule has 0 aromatic heterocycles. The van der Waals surface area contributed by atoms with Crippen molar-refractivity contribution < 1.29 is 104 Å². The van der Waals surface area contributed by atoms with Crippen LogP contribution in [0.1, 0.15) is 46.4 Å². The first-order valence-corrected chi connectivity index (χ1v) is 15.5. The van der Waals surface area contributed by atoms with Gasteiger partial charge < -0.3 is 18.9 Å². The van der Waals surface area contributed by atoms with Crippen molar-refractivity contribution in [1.82, 2.24) is 0 Å². The van der Waals surface area contributed by atoms with Crippen LogP contribution in [0.15, 0.2) is 67.3 Å². The molecule has 0 saturated heterocycles. The van der Waals surface area contributed by atoms with Crippen LogP contribution in [-0.4, -0.2) is 91.7 Å². The number of hydrogen-bond acceptors (Lipinski definition) is 7. The molecule has 0 bridgehead atoms. The maximum Gasteiger partial charge on any atom is 0.385 e. The quantitative estimate of drug-likeness (QED) is 0.0384. The molecule has 314 valence electrons. The summed E-state index contributed by atoms with van der Waals surface area (Å²) in [7, 11) is 0. The van der Waals surface area contributed by atoms with E-state index in [1.807, 2.05) is 0 Å². The fourth-order valence-electron chi connectivity index (χ4n) is 4.15. The van der Waals surface area contributed by atoms with Crippen molar-refractivity contribution in [2.24, 2.45) is 0 Å². The molecule has 23 heteroatoms. The van der Waals surface area contributed by atoms with Gasteiger partial charge in [-0.3, -0.25) is 0 Å². The monoisotopic (exact) mass is 840 g/mol. The summed E-state index contributed by atoms with van der Waals surface area (Å²) in [6.07, 6.45) is 3.16. The maximum absolute atomic E-state index is 14.3. The lowest BCUT2D eigenvalue weighted by atomic mass is 9.88. The Morgan fingerprint density at radius 1 is 0.482 bits per heavy atom. The number of halogens is 16. The molecule has 0 radical (unpaired) electrons. The first-order valence-electron chi connectivity index (χ1n) is 15.5. The maximum atomic E-state index is 14.3. The van der Waals surface area contributed by atoms with Gasteiger partial charge in [0.05, 0.1) is 24.3 Å². The third kappa shape index (κ3) is 9.61. The second-order valence-electron chi connectivity index (χ2n) is 11.5. The highest BCUT2D eigenvalue weighted by Crippen LogP contribution is 2.63. The molecule has 0 saturated carbocycles. The highest BCUT2D eigenvalue weighted by Gasteiger charge is 2.95. The van der Waals surface area contributed by atoms with Gasteiger partial charge in [0.1, 0.15) is 5.75 Å². The number of alkyl halides is 16. The molecule has 7 nitrogen and oxygen atoms in total. The molecule has 0 aliphatic heterocycles. The average Bonchev–Trinajstić information content (AvgIpc) is 3.13. The molecule has 0 aliphatic carbocycles. The Labute approximate surface area is 305 Å². The number of ether oxygens (including phenoxy) is 4. The van der Waals surface area contributed by atoms with Gasteiger partial charge in [-0.25, -0.2) is 14.4 Å². The standard InChI is InChI=1S/C33H28F16O7/c1-2-23(50)54-17-9-4-3-8-16-53-22-14-12-21(13-15-22)25(52)56-19-27(36,37)29(40,41)31(44,45)33(48,49)32(46,47)30(42,43)28(38,39)26(34,35)18-55-24(51)20-10-6-5-7-11-20/h2,5-7,10-15H,1,3-4,8-9,16-19H2. The molecule has 0 amide bonds. The number of esters is 3. The second-order valence-corrected chi connectivity index (χ2v) is 11.5. The molecule has 0 unspecified atom stereocenters. The third-order valence-corrected chi connectivity index (χ3v) is 7.48. The largest absolute Gasteiger partial charge is 0.494 e. The van der Waals surface area contributed by atoms with Crippen molar-refractivity contribution in [3.8, 4) is 5.75 Å². The summed E-state index contributed by atoms with van der Waals surface area (Å²) in [6.45, 7) is -3.20. The van der Waals surface area contributed by atoms with Crippen molar-refractivity contribution in [3.05, 3.63) is 78.4 Å². The highest BCUT2D eigenvalue weighted by atomic mass is 19.4. The SMILES string of the molecule is C=CC(=O)OCCCCCCOc1ccc(C(=O)OCC(F)(F)C(F)(F)C(F)(F)C(F)(F)C(F)(F)C(F)(F)C(F)(F)C(F)(F)COC(=O)c2ccccc2)cc1. The Morgan fingerprint density at radius 3 is 1.27 bits per heavy atom. The summed E-state index contributed by atoms with van der Waals surface area (Å²) < 4.78 is 245. The van der Waals surface area contributed by atoms with E-state index in [-0.39, 0.29) is 19.0 Å². The first-order chi connectivity index (χ1) is 25.6. The topological polar surface area (TPSA) is 88.1 Å². The van der Waals surface area contributed by atoms with E-state index >= 15 is 0 Å². The van der Waals surface area contributed by atoms with E-state index in [2.05, 4.69) is 16.1 Å². The van der Waals surface area contributed by atoms with E-state index in [0.717, 1.165) is 54.6 Å². The minimum Gasteiger partial charge on any atom is -0.494 e. The van der Waals surface area contributed by atoms with E-state index in [4.69, 9.17) is 9.47 Å². The fraction of sp³-hybridized carbons (Fsp3) is 0.485. The van der Waals surface area contributed by atoms with Crippen LogP contribution in [0.25, 0.3) is 0 Å². The van der Waals surface area contributed by atoms with Gasteiger partial charge in [0, 0.05) is 6.08 Å². The van der Waals surface area contributed by atoms with Gasteiger partial charge in [-0.15, -0.1) is 0 Å². The molecule has 0 fully saturated rings. The third-order valence-electron chi connectivity index (χ3n) is 7.48. The Bertz CT molecular complexity index is 1650. The van der Waals surface area contributed by atoms with E-state index < -0.39 is 89.6 Å². The number of rotatable bonds is 22. The van der Waals surface area contributed by atoms with Gasteiger partial charge in [0.2, 0.25) is 0 Å². The van der Waals surface area contributed by atoms with Gasteiger partial charge in [-0.05, 0) is 62.1 Å². The van der Waals surface area contributed by atoms with Crippen LogP contribution in [-0.2, 0) is 19.0 Å². The van der Waals surface area contributed by atoms with Crippen molar-refractivity contribution in [2.75, 3.05) is 26.4 Å². The van der Waals surface area contributed by atoms with Gasteiger partial charge in [0.15, 0.2) is 13.2 Å². The molecule has 2 aromatic rings. The Morgan fingerprint density at radius 2 is 0.857 bits per heavy atom. The Kier molecular flexibility index (Phi) is 14.9. The molecule has 0 heterocycles. The summed E-state index contributed by atoms with van der Waals surface area (Å²) in [4.78, 5) is 34.7. The van der Waals surface area contributed by atoms with Crippen molar-refractivity contribution in [1.29, 1.82) is 0 Å². The zero-order valence-electron chi connectivity index (χ0n) is 28.0. The van der Waals surface area contributed by atoms with Crippen LogP contribution < -0.4 is 4.74 Å². The van der Waals surface area contributed by atoms with Crippen LogP contribution in [0.3, 0.4) is 0 Å². The van der Waals surface area contributed by atoms with E-state index in [1.54, 1.807) is 0 Å². The lowest BCUT2D eigenvalue weighted by Crippen LogP contribution is -2.75. The zero-order chi connectivity index (χ0) is 43.0. The number of carbonyl (C=O) groups is 3. The van der Waals surface area contributed by atoms with Crippen molar-refractivity contribution >= 4 is 17.9 Å². The number of hydrogen-bond donors (Lipinski definition) is 0. The lowest BCUT2D eigenvalue weighted by molar-refractivity contribution is -0.454. The molecular weight excluding hydrogens is 812 g/mol. The average molecular weight is 841 g/mol. The molecule has 56 heavy (non-hydrogen) atoms. The fourth-order valence-corrected chi connectivity index (χ4v) is 4.15. The summed E-state index contributed by atoms with van der Waals surface area (Å²) in [6, 6.07) is 8.28. The molecule has 0 spiro atoms. The molecule has 2 rings (SSSR count). The predicted molar refractivity (Wildman–Crippen MR) is 158 cm³/mol. The summed E-state index contributed by atoms with van der Waals surface area (Å²) >= 11 is 0. The Hall–Kier alpha value is -4.73. The number of benzene rings is 2. The number of carbonyl (C=O) groups excluding carboxylic acids is 3. The predicted octanol–water partition coefficient (Wildman–Crippen LogP) is 9.45. The molecule has 0 atom stereocenters. The van der Waals surface area contributed by atoms with Crippen LogP contribution in [0.2, 0.25) is 0 Å². The molecule has 2 aromatic carbocycles. The molecule has 0 N–H and O–H groups in total. The minimum atomic E-state index is -8.70. The van der Waals surface area contributed by atoms with Gasteiger partial charge >= 0.3 is 65.3 Å². The van der Waals surface area contributed by atoms with E-state index in [1.165, 1.54) is 6.07 Å². The summed E-state index contributed by atoms with van der Waals surface area (Å²) in [5, 5.41) is 0.